The van der Waals surface area contributed by atoms with Gasteiger partial charge in [-0.3, -0.25) is 4.98 Å². The summed E-state index contributed by atoms with van der Waals surface area (Å²) in [7, 11) is 1.49. The minimum absolute atomic E-state index is 0.359. The summed E-state index contributed by atoms with van der Waals surface area (Å²) in [6, 6.07) is 10.7. The fourth-order valence-electron chi connectivity index (χ4n) is 2.80. The number of benzene rings is 2. The second kappa shape index (κ2) is 8.23. The van der Waals surface area contributed by atoms with Crippen LogP contribution in [0, 0.1) is 5.82 Å². The van der Waals surface area contributed by atoms with Crippen LogP contribution in [0.2, 0.25) is 10.0 Å². The van der Waals surface area contributed by atoms with Crippen LogP contribution in [0.3, 0.4) is 0 Å². The van der Waals surface area contributed by atoms with Crippen molar-refractivity contribution in [3.05, 3.63) is 81.8 Å². The molecule has 0 bridgehead atoms. The van der Waals surface area contributed by atoms with Crippen molar-refractivity contribution >= 4 is 23.2 Å². The van der Waals surface area contributed by atoms with Crippen LogP contribution in [0.5, 0.6) is 5.75 Å². The second-order valence-electron chi connectivity index (χ2n) is 5.99. The van der Waals surface area contributed by atoms with E-state index in [-0.39, 0.29) is 0 Å². The van der Waals surface area contributed by atoms with Crippen molar-refractivity contribution in [2.24, 2.45) is 5.73 Å². The Kier molecular flexibility index (Phi) is 5.97. The molecule has 0 aliphatic heterocycles. The first-order valence-electron chi connectivity index (χ1n) is 8.08. The van der Waals surface area contributed by atoms with Gasteiger partial charge in [-0.15, -0.1) is 0 Å². The Morgan fingerprint density at radius 2 is 1.81 bits per heavy atom. The molecule has 0 radical (unpaired) electrons. The van der Waals surface area contributed by atoms with Gasteiger partial charge in [0, 0.05) is 17.3 Å². The highest BCUT2D eigenvalue weighted by molar-refractivity contribution is 6.42. The van der Waals surface area contributed by atoms with Gasteiger partial charge in [-0.25, -0.2) is 4.39 Å². The van der Waals surface area contributed by atoms with Crippen molar-refractivity contribution in [3.8, 4) is 16.9 Å². The largest absolute Gasteiger partial charge is 0.496 e. The predicted molar refractivity (Wildman–Crippen MR) is 105 cm³/mol. The number of nitrogens with two attached hydrogens (primary N) is 1. The summed E-state index contributed by atoms with van der Waals surface area (Å²) in [5.41, 5.74) is 8.66. The molecule has 0 spiro atoms. The zero-order valence-electron chi connectivity index (χ0n) is 14.4. The number of rotatable bonds is 5. The lowest BCUT2D eigenvalue weighted by Gasteiger charge is -2.22. The number of ether oxygens (including phenoxy) is 1. The summed E-state index contributed by atoms with van der Waals surface area (Å²) in [5.74, 6) is -0.00279. The van der Waals surface area contributed by atoms with Gasteiger partial charge in [0.25, 0.3) is 0 Å². The lowest BCUT2D eigenvalue weighted by atomic mass is 9.94. The Bertz CT molecular complexity index is 968. The fourth-order valence-corrected chi connectivity index (χ4v) is 3.11. The summed E-state index contributed by atoms with van der Waals surface area (Å²) < 4.78 is 18.8. The molecule has 0 saturated heterocycles. The van der Waals surface area contributed by atoms with Gasteiger partial charge < -0.3 is 15.6 Å². The van der Waals surface area contributed by atoms with Crippen molar-refractivity contribution in [3.63, 3.8) is 0 Å². The molecule has 3 aromatic rings. The van der Waals surface area contributed by atoms with Crippen molar-refractivity contribution in [1.82, 2.24) is 4.98 Å². The third kappa shape index (κ3) is 4.22. The zero-order chi connectivity index (χ0) is 19.6. The molecule has 0 fully saturated rings. The van der Waals surface area contributed by atoms with E-state index in [0.29, 0.717) is 38.0 Å². The number of aliphatic hydroxyl groups is 1. The Morgan fingerprint density at radius 3 is 2.48 bits per heavy atom. The molecule has 7 heteroatoms. The number of hydrogen-bond donors (Lipinski definition) is 2. The SMILES string of the molecule is COc1cc(-c2cncc(F)c2)ccc1[C@H](O)[C@H](N)c1ccc(Cl)c(Cl)c1. The third-order valence-corrected chi connectivity index (χ3v) is 5.00. The van der Waals surface area contributed by atoms with Gasteiger partial charge in [0.15, 0.2) is 0 Å². The molecular weight excluding hydrogens is 390 g/mol. The summed E-state index contributed by atoms with van der Waals surface area (Å²) in [6.07, 6.45) is 1.64. The molecule has 140 valence electrons. The summed E-state index contributed by atoms with van der Waals surface area (Å²) in [6.45, 7) is 0. The lowest BCUT2D eigenvalue weighted by molar-refractivity contribution is 0.143. The summed E-state index contributed by atoms with van der Waals surface area (Å²) in [4.78, 5) is 3.85. The van der Waals surface area contributed by atoms with Crippen molar-refractivity contribution < 1.29 is 14.2 Å². The molecule has 0 amide bonds. The Balaban J connectivity index is 1.94. The van der Waals surface area contributed by atoms with Crippen molar-refractivity contribution in [2.45, 2.75) is 12.1 Å². The maximum atomic E-state index is 13.4. The first kappa shape index (κ1) is 19.6. The highest BCUT2D eigenvalue weighted by Gasteiger charge is 2.23. The Hall–Kier alpha value is -2.18. The van der Waals surface area contributed by atoms with Crippen LogP contribution < -0.4 is 10.5 Å². The molecule has 0 saturated carbocycles. The van der Waals surface area contributed by atoms with E-state index in [2.05, 4.69) is 4.98 Å². The first-order chi connectivity index (χ1) is 12.9. The highest BCUT2D eigenvalue weighted by Crippen LogP contribution is 2.37. The van der Waals surface area contributed by atoms with Gasteiger partial charge in [-0.1, -0.05) is 41.4 Å². The van der Waals surface area contributed by atoms with Crippen molar-refractivity contribution in [1.29, 1.82) is 0 Å². The standard InChI is InChI=1S/C20H17Cl2FN2O2/c1-27-18-8-11(13-6-14(23)10-25-9-13)2-4-15(18)20(26)19(24)12-3-5-16(21)17(22)7-12/h2-10,19-20,26H,24H2,1H3/t19-,20+/m1/s1. The van der Waals surface area contributed by atoms with Gasteiger partial charge in [-0.05, 0) is 35.4 Å². The smallest absolute Gasteiger partial charge is 0.142 e. The number of aliphatic hydroxyl groups excluding tert-OH is 1. The average Bonchev–Trinajstić information content (AvgIpc) is 2.68. The van der Waals surface area contributed by atoms with Gasteiger partial charge >= 0.3 is 0 Å². The molecule has 2 aromatic carbocycles. The molecule has 1 heterocycles. The molecule has 4 nitrogen and oxygen atoms in total. The first-order valence-corrected chi connectivity index (χ1v) is 8.83. The maximum absolute atomic E-state index is 13.4. The topological polar surface area (TPSA) is 68.4 Å². The molecule has 0 unspecified atom stereocenters. The molecule has 3 N–H and O–H groups in total. The molecule has 3 rings (SSSR count). The Labute approximate surface area is 166 Å². The number of halogens is 3. The monoisotopic (exact) mass is 406 g/mol. The van der Waals surface area contributed by atoms with Crippen LogP contribution in [0.1, 0.15) is 23.3 Å². The van der Waals surface area contributed by atoms with E-state index in [1.165, 1.54) is 13.2 Å². The minimum atomic E-state index is -1.04. The molecule has 0 aliphatic rings. The van der Waals surface area contributed by atoms with Crippen LogP contribution >= 0.6 is 23.2 Å². The molecular formula is C20H17Cl2FN2O2. The van der Waals surface area contributed by atoms with Crippen LogP contribution in [0.15, 0.2) is 54.9 Å². The van der Waals surface area contributed by atoms with Gasteiger partial charge in [0.05, 0.1) is 29.4 Å². The number of nitrogens with zero attached hydrogens (tertiary/aromatic N) is 1. The fraction of sp³-hybridized carbons (Fsp3) is 0.150. The average molecular weight is 407 g/mol. The number of hydrogen-bond acceptors (Lipinski definition) is 4. The highest BCUT2D eigenvalue weighted by atomic mass is 35.5. The summed E-state index contributed by atoms with van der Waals surface area (Å²) >= 11 is 12.0. The third-order valence-electron chi connectivity index (χ3n) is 4.26. The predicted octanol–water partition coefficient (Wildman–Crippen LogP) is 4.94. The number of pyridine rings is 1. The van der Waals surface area contributed by atoms with E-state index in [0.717, 1.165) is 6.20 Å². The van der Waals surface area contributed by atoms with Crippen molar-refractivity contribution in [2.75, 3.05) is 7.11 Å². The zero-order valence-corrected chi connectivity index (χ0v) is 15.9. The normalized spacial score (nSPS) is 13.3. The molecule has 1 aromatic heterocycles. The van der Waals surface area contributed by atoms with E-state index in [1.54, 1.807) is 42.6 Å². The van der Waals surface area contributed by atoms with Crippen LogP contribution in [-0.4, -0.2) is 17.2 Å². The number of methoxy groups -OCH3 is 1. The summed E-state index contributed by atoms with van der Waals surface area (Å²) in [5, 5.41) is 11.5. The van der Waals surface area contributed by atoms with Crippen LogP contribution in [0.25, 0.3) is 11.1 Å². The van der Waals surface area contributed by atoms with E-state index in [9.17, 15) is 9.50 Å². The van der Waals surface area contributed by atoms with Gasteiger partial charge in [-0.2, -0.15) is 0 Å². The second-order valence-corrected chi connectivity index (χ2v) is 6.81. The molecule has 27 heavy (non-hydrogen) atoms. The van der Waals surface area contributed by atoms with E-state index in [1.807, 2.05) is 0 Å². The van der Waals surface area contributed by atoms with E-state index >= 15 is 0 Å². The Morgan fingerprint density at radius 1 is 1.04 bits per heavy atom. The minimum Gasteiger partial charge on any atom is -0.496 e. The quantitative estimate of drug-likeness (QED) is 0.629. The number of aromatic nitrogens is 1. The van der Waals surface area contributed by atoms with E-state index < -0.39 is 18.0 Å². The lowest BCUT2D eigenvalue weighted by Crippen LogP contribution is -2.20. The van der Waals surface area contributed by atoms with Crippen LogP contribution in [-0.2, 0) is 0 Å². The van der Waals surface area contributed by atoms with Gasteiger partial charge in [0.1, 0.15) is 17.7 Å². The maximum Gasteiger partial charge on any atom is 0.142 e. The van der Waals surface area contributed by atoms with Crippen LogP contribution in [0.4, 0.5) is 4.39 Å². The molecule has 0 aliphatic carbocycles. The van der Waals surface area contributed by atoms with E-state index in [4.69, 9.17) is 33.7 Å². The van der Waals surface area contributed by atoms with Gasteiger partial charge in [0.2, 0.25) is 0 Å². The molecule has 2 atom stereocenters.